The first-order valence-corrected chi connectivity index (χ1v) is 6.45. The molecule has 1 aromatic carbocycles. The fourth-order valence-corrected chi connectivity index (χ4v) is 2.66. The van der Waals surface area contributed by atoms with E-state index in [0.29, 0.717) is 11.5 Å². The molecule has 2 aromatic rings. The standard InChI is InChI=1S/C13H15NO3S/c1-17-8-10(7-15)14-13(16)12-6-9-4-2-3-5-11(9)18-12/h2-6,10,15H,7-8H2,1H3,(H,14,16). The number of hydrogen-bond donors (Lipinski definition) is 2. The maximum atomic E-state index is 12.0. The van der Waals surface area contributed by atoms with Crippen LogP contribution in [0.3, 0.4) is 0 Å². The largest absolute Gasteiger partial charge is 0.394 e. The van der Waals surface area contributed by atoms with E-state index in [2.05, 4.69) is 5.32 Å². The number of ether oxygens (including phenoxy) is 1. The van der Waals surface area contributed by atoms with Crippen molar-refractivity contribution in [2.75, 3.05) is 20.3 Å². The van der Waals surface area contributed by atoms with Crippen LogP contribution in [0.25, 0.3) is 10.1 Å². The van der Waals surface area contributed by atoms with Crippen molar-refractivity contribution < 1.29 is 14.6 Å². The lowest BCUT2D eigenvalue weighted by atomic mass is 10.2. The summed E-state index contributed by atoms with van der Waals surface area (Å²) in [6.07, 6.45) is 0. The zero-order valence-electron chi connectivity index (χ0n) is 10.1. The van der Waals surface area contributed by atoms with Crippen molar-refractivity contribution in [2.24, 2.45) is 0 Å². The van der Waals surface area contributed by atoms with E-state index >= 15 is 0 Å². The summed E-state index contributed by atoms with van der Waals surface area (Å²) >= 11 is 1.44. The van der Waals surface area contributed by atoms with Crippen molar-refractivity contribution in [2.45, 2.75) is 6.04 Å². The molecule has 1 amide bonds. The minimum Gasteiger partial charge on any atom is -0.394 e. The van der Waals surface area contributed by atoms with Crippen molar-refractivity contribution >= 4 is 27.3 Å². The summed E-state index contributed by atoms with van der Waals surface area (Å²) in [7, 11) is 1.54. The molecule has 4 nitrogen and oxygen atoms in total. The molecule has 0 spiro atoms. The molecule has 1 atom stereocenters. The Morgan fingerprint density at radius 3 is 2.94 bits per heavy atom. The van der Waals surface area contributed by atoms with Crippen molar-refractivity contribution in [1.82, 2.24) is 5.32 Å². The maximum Gasteiger partial charge on any atom is 0.261 e. The van der Waals surface area contributed by atoms with Gasteiger partial charge in [0.1, 0.15) is 0 Å². The van der Waals surface area contributed by atoms with E-state index in [4.69, 9.17) is 9.84 Å². The van der Waals surface area contributed by atoms with Crippen molar-refractivity contribution in [3.8, 4) is 0 Å². The Kier molecular flexibility index (Phi) is 4.30. The van der Waals surface area contributed by atoms with Crippen LogP contribution < -0.4 is 5.32 Å². The Morgan fingerprint density at radius 1 is 1.50 bits per heavy atom. The number of rotatable bonds is 5. The van der Waals surface area contributed by atoms with E-state index in [1.165, 1.54) is 18.4 Å². The highest BCUT2D eigenvalue weighted by atomic mass is 32.1. The Hall–Kier alpha value is -1.43. The third-order valence-electron chi connectivity index (χ3n) is 2.57. The minimum absolute atomic E-state index is 0.134. The first kappa shape index (κ1) is 13.0. The number of carbonyl (C=O) groups is 1. The number of methoxy groups -OCH3 is 1. The molecule has 0 saturated heterocycles. The molecule has 1 aromatic heterocycles. The summed E-state index contributed by atoms with van der Waals surface area (Å²) in [5.74, 6) is -0.174. The summed E-state index contributed by atoms with van der Waals surface area (Å²) in [6.45, 7) is 0.164. The smallest absolute Gasteiger partial charge is 0.261 e. The molecule has 0 saturated carbocycles. The molecular formula is C13H15NO3S. The van der Waals surface area contributed by atoms with Crippen LogP contribution in [0.15, 0.2) is 30.3 Å². The van der Waals surface area contributed by atoms with Gasteiger partial charge in [-0.05, 0) is 17.5 Å². The number of aliphatic hydroxyl groups is 1. The SMILES string of the molecule is COCC(CO)NC(=O)c1cc2ccccc2s1. The van der Waals surface area contributed by atoms with Gasteiger partial charge < -0.3 is 15.2 Å². The average molecular weight is 265 g/mol. The van der Waals surface area contributed by atoms with Crippen LogP contribution in [0.1, 0.15) is 9.67 Å². The van der Waals surface area contributed by atoms with E-state index in [0.717, 1.165) is 10.1 Å². The topological polar surface area (TPSA) is 58.6 Å². The monoisotopic (exact) mass is 265 g/mol. The second kappa shape index (κ2) is 5.95. The van der Waals surface area contributed by atoms with E-state index in [1.807, 2.05) is 30.3 Å². The van der Waals surface area contributed by atoms with Gasteiger partial charge in [-0.2, -0.15) is 0 Å². The highest BCUT2D eigenvalue weighted by molar-refractivity contribution is 7.20. The van der Waals surface area contributed by atoms with Crippen molar-refractivity contribution in [3.05, 3.63) is 35.2 Å². The van der Waals surface area contributed by atoms with E-state index in [9.17, 15) is 4.79 Å². The maximum absolute atomic E-state index is 12.0. The molecule has 5 heteroatoms. The lowest BCUT2D eigenvalue weighted by Crippen LogP contribution is -2.40. The van der Waals surface area contributed by atoms with Crippen LogP contribution in [0.5, 0.6) is 0 Å². The predicted octanol–water partition coefficient (Wildman–Crippen LogP) is 1.64. The Bertz CT molecular complexity index is 505. The van der Waals surface area contributed by atoms with Gasteiger partial charge in [0.15, 0.2) is 0 Å². The van der Waals surface area contributed by atoms with Crippen LogP contribution >= 0.6 is 11.3 Å². The fraction of sp³-hybridized carbons (Fsp3) is 0.308. The van der Waals surface area contributed by atoms with Gasteiger partial charge >= 0.3 is 0 Å². The Morgan fingerprint density at radius 2 is 2.28 bits per heavy atom. The summed E-state index contributed by atoms with van der Waals surface area (Å²) in [6, 6.07) is 9.33. The molecule has 0 aliphatic carbocycles. The average Bonchev–Trinajstić information content (AvgIpc) is 2.82. The molecule has 1 heterocycles. The fourth-order valence-electron chi connectivity index (χ4n) is 1.69. The second-order valence-electron chi connectivity index (χ2n) is 3.96. The zero-order valence-corrected chi connectivity index (χ0v) is 10.9. The third kappa shape index (κ3) is 2.87. The summed E-state index contributed by atoms with van der Waals surface area (Å²) in [4.78, 5) is 12.6. The van der Waals surface area contributed by atoms with Crippen LogP contribution in [0, 0.1) is 0 Å². The molecule has 1 unspecified atom stereocenters. The van der Waals surface area contributed by atoms with Crippen LogP contribution in [0.2, 0.25) is 0 Å². The molecule has 0 bridgehead atoms. The third-order valence-corrected chi connectivity index (χ3v) is 3.69. The van der Waals surface area contributed by atoms with Crippen LogP contribution in [-0.4, -0.2) is 37.4 Å². The zero-order chi connectivity index (χ0) is 13.0. The quantitative estimate of drug-likeness (QED) is 0.864. The number of nitrogens with one attached hydrogen (secondary N) is 1. The Labute approximate surface area is 109 Å². The van der Waals surface area contributed by atoms with Gasteiger partial charge in [0.05, 0.1) is 24.1 Å². The molecule has 2 rings (SSSR count). The first-order valence-electron chi connectivity index (χ1n) is 5.64. The van der Waals surface area contributed by atoms with Gasteiger partial charge in [-0.1, -0.05) is 18.2 Å². The molecule has 0 fully saturated rings. The summed E-state index contributed by atoms with van der Waals surface area (Å²) in [5, 5.41) is 12.9. The highest BCUT2D eigenvalue weighted by Gasteiger charge is 2.14. The second-order valence-corrected chi connectivity index (χ2v) is 5.04. The highest BCUT2D eigenvalue weighted by Crippen LogP contribution is 2.25. The van der Waals surface area contributed by atoms with E-state index in [-0.39, 0.29) is 18.6 Å². The normalized spacial score (nSPS) is 12.6. The number of benzene rings is 1. The predicted molar refractivity (Wildman–Crippen MR) is 72.0 cm³/mol. The number of hydrogen-bond acceptors (Lipinski definition) is 4. The van der Waals surface area contributed by atoms with E-state index in [1.54, 1.807) is 0 Å². The number of thiophene rings is 1. The van der Waals surface area contributed by atoms with Gasteiger partial charge in [-0.25, -0.2) is 0 Å². The van der Waals surface area contributed by atoms with Crippen LogP contribution in [0.4, 0.5) is 0 Å². The van der Waals surface area contributed by atoms with Gasteiger partial charge in [-0.3, -0.25) is 4.79 Å². The van der Waals surface area contributed by atoms with Crippen LogP contribution in [-0.2, 0) is 4.74 Å². The molecule has 0 aliphatic rings. The molecule has 18 heavy (non-hydrogen) atoms. The van der Waals surface area contributed by atoms with Crippen molar-refractivity contribution in [1.29, 1.82) is 0 Å². The molecule has 2 N–H and O–H groups in total. The molecule has 96 valence electrons. The molecule has 0 radical (unpaired) electrons. The van der Waals surface area contributed by atoms with Crippen molar-refractivity contribution in [3.63, 3.8) is 0 Å². The number of carbonyl (C=O) groups excluding carboxylic acids is 1. The molecule has 0 aliphatic heterocycles. The van der Waals surface area contributed by atoms with E-state index < -0.39 is 0 Å². The minimum atomic E-state index is -0.368. The lowest BCUT2D eigenvalue weighted by molar-refractivity contribution is 0.0843. The summed E-state index contributed by atoms with van der Waals surface area (Å²) < 4.78 is 6.00. The number of amides is 1. The van der Waals surface area contributed by atoms with Gasteiger partial charge in [-0.15, -0.1) is 11.3 Å². The summed E-state index contributed by atoms with van der Waals surface area (Å²) in [5.41, 5.74) is 0. The number of aliphatic hydroxyl groups excluding tert-OH is 1. The van der Waals surface area contributed by atoms with Gasteiger partial charge in [0, 0.05) is 11.8 Å². The molecular weight excluding hydrogens is 250 g/mol. The Balaban J connectivity index is 2.13. The van der Waals surface area contributed by atoms with Gasteiger partial charge in [0.25, 0.3) is 5.91 Å². The van der Waals surface area contributed by atoms with Gasteiger partial charge in [0.2, 0.25) is 0 Å². The lowest BCUT2D eigenvalue weighted by Gasteiger charge is -2.14. The first-order chi connectivity index (χ1) is 8.74. The number of fused-ring (bicyclic) bond motifs is 1.